The number of H-pyrrole nitrogens is 1. The Kier molecular flexibility index (Phi) is 6.30. The van der Waals surface area contributed by atoms with Crippen molar-refractivity contribution in [2.75, 3.05) is 13.2 Å². The second-order valence-electron chi connectivity index (χ2n) is 5.70. The zero-order valence-corrected chi connectivity index (χ0v) is 14.9. The van der Waals surface area contributed by atoms with Gasteiger partial charge in [0.05, 0.1) is 30.0 Å². The number of nitrogens with one attached hydrogen (secondary N) is 1. The average molecular weight is 359 g/mol. The quantitative estimate of drug-likeness (QED) is 0.581. The molecule has 0 saturated carbocycles. The van der Waals surface area contributed by atoms with Crippen molar-refractivity contribution in [3.63, 3.8) is 0 Å². The highest BCUT2D eigenvalue weighted by molar-refractivity contribution is 6.03. The molecule has 0 spiro atoms. The minimum absolute atomic E-state index is 0.123. The highest BCUT2D eigenvalue weighted by atomic mass is 16.5. The molecule has 2 rings (SSSR count). The molecule has 0 aliphatic heterocycles. The summed E-state index contributed by atoms with van der Waals surface area (Å²) in [7, 11) is 0. The number of aromatic nitrogens is 1. The third kappa shape index (κ3) is 4.18. The summed E-state index contributed by atoms with van der Waals surface area (Å²) in [6.45, 7) is 4.67. The van der Waals surface area contributed by atoms with Gasteiger partial charge in [-0.15, -0.1) is 0 Å². The van der Waals surface area contributed by atoms with Crippen LogP contribution in [0.4, 0.5) is 0 Å². The van der Waals surface area contributed by atoms with Gasteiger partial charge in [-0.2, -0.15) is 0 Å². The average Bonchev–Trinajstić information content (AvgIpc) is 2.94. The normalized spacial score (nSPS) is 10.5. The van der Waals surface area contributed by atoms with Crippen molar-refractivity contribution in [3.05, 3.63) is 57.9 Å². The van der Waals surface area contributed by atoms with Crippen molar-refractivity contribution in [3.8, 4) is 0 Å². The van der Waals surface area contributed by atoms with E-state index in [2.05, 4.69) is 4.98 Å². The fourth-order valence-corrected chi connectivity index (χ4v) is 2.57. The standard InChI is InChI=1S/C19H21NO6/c1-4-25-19(24)16-11(2)17(20-12(16)3)15(22)10-26-18(23)14-7-5-13(9-21)6-8-14/h5-8,20-21H,4,9-10H2,1-3H3. The molecule has 1 aromatic heterocycles. The Morgan fingerprint density at radius 1 is 1.04 bits per heavy atom. The summed E-state index contributed by atoms with van der Waals surface area (Å²) in [6, 6.07) is 6.23. The number of rotatable bonds is 7. The summed E-state index contributed by atoms with van der Waals surface area (Å²) < 4.78 is 10.0. The van der Waals surface area contributed by atoms with Crippen LogP contribution in [0, 0.1) is 13.8 Å². The van der Waals surface area contributed by atoms with E-state index in [4.69, 9.17) is 14.6 Å². The second-order valence-corrected chi connectivity index (χ2v) is 5.70. The molecule has 0 aliphatic carbocycles. The lowest BCUT2D eigenvalue weighted by Gasteiger charge is -2.05. The highest BCUT2D eigenvalue weighted by Gasteiger charge is 2.23. The van der Waals surface area contributed by atoms with Gasteiger partial charge in [0.2, 0.25) is 5.78 Å². The van der Waals surface area contributed by atoms with Gasteiger partial charge in [-0.3, -0.25) is 4.79 Å². The molecular formula is C19H21NO6. The van der Waals surface area contributed by atoms with Crippen LogP contribution in [0.2, 0.25) is 0 Å². The molecule has 0 aliphatic rings. The van der Waals surface area contributed by atoms with Gasteiger partial charge >= 0.3 is 11.9 Å². The summed E-state index contributed by atoms with van der Waals surface area (Å²) in [5, 5.41) is 9.00. The number of aromatic amines is 1. The van der Waals surface area contributed by atoms with Gasteiger partial charge in [0, 0.05) is 5.69 Å². The first-order valence-electron chi connectivity index (χ1n) is 8.15. The predicted octanol–water partition coefficient (Wildman–Crippen LogP) is 2.34. The number of ether oxygens (including phenoxy) is 2. The fraction of sp³-hybridized carbons (Fsp3) is 0.316. The molecule has 2 N–H and O–H groups in total. The van der Waals surface area contributed by atoms with E-state index in [9.17, 15) is 14.4 Å². The Morgan fingerprint density at radius 2 is 1.69 bits per heavy atom. The molecule has 0 bridgehead atoms. The molecule has 2 aromatic rings. The molecular weight excluding hydrogens is 338 g/mol. The number of Topliss-reactive ketones (excluding diaryl/α,β-unsaturated/α-hetero) is 1. The van der Waals surface area contributed by atoms with Crippen molar-refractivity contribution < 1.29 is 29.0 Å². The van der Waals surface area contributed by atoms with E-state index in [-0.39, 0.29) is 24.5 Å². The van der Waals surface area contributed by atoms with Gasteiger partial charge < -0.3 is 19.6 Å². The highest BCUT2D eigenvalue weighted by Crippen LogP contribution is 2.19. The third-order valence-corrected chi connectivity index (χ3v) is 3.90. The van der Waals surface area contributed by atoms with Crippen LogP contribution in [-0.4, -0.2) is 41.0 Å². The molecule has 138 valence electrons. The zero-order chi connectivity index (χ0) is 19.3. The molecule has 0 radical (unpaired) electrons. The van der Waals surface area contributed by atoms with Crippen LogP contribution in [0.5, 0.6) is 0 Å². The molecule has 0 atom stereocenters. The number of aliphatic hydroxyl groups is 1. The minimum atomic E-state index is -0.644. The number of carbonyl (C=O) groups is 3. The molecule has 0 fully saturated rings. The number of ketones is 1. The first kappa shape index (κ1) is 19.4. The minimum Gasteiger partial charge on any atom is -0.462 e. The SMILES string of the molecule is CCOC(=O)c1c(C)[nH]c(C(=O)COC(=O)c2ccc(CO)cc2)c1C. The smallest absolute Gasteiger partial charge is 0.340 e. The van der Waals surface area contributed by atoms with E-state index >= 15 is 0 Å². The van der Waals surface area contributed by atoms with Gasteiger partial charge in [-0.25, -0.2) is 9.59 Å². The maximum absolute atomic E-state index is 12.4. The van der Waals surface area contributed by atoms with Crippen molar-refractivity contribution in [1.82, 2.24) is 4.98 Å². The van der Waals surface area contributed by atoms with Crippen molar-refractivity contribution >= 4 is 17.7 Å². The summed E-state index contributed by atoms with van der Waals surface area (Å²) in [6.07, 6.45) is 0. The Bertz CT molecular complexity index is 819. The molecule has 7 heteroatoms. The number of hydrogen-bond acceptors (Lipinski definition) is 6. The summed E-state index contributed by atoms with van der Waals surface area (Å²) in [5.74, 6) is -1.59. The van der Waals surface area contributed by atoms with E-state index in [0.717, 1.165) is 0 Å². The van der Waals surface area contributed by atoms with E-state index in [1.165, 1.54) is 12.1 Å². The Morgan fingerprint density at radius 3 is 2.27 bits per heavy atom. The van der Waals surface area contributed by atoms with Crippen LogP contribution in [0.3, 0.4) is 0 Å². The first-order valence-corrected chi connectivity index (χ1v) is 8.15. The Labute approximate surface area is 150 Å². The number of aliphatic hydroxyl groups excluding tert-OH is 1. The van der Waals surface area contributed by atoms with Crippen molar-refractivity contribution in [2.45, 2.75) is 27.4 Å². The van der Waals surface area contributed by atoms with Crippen LogP contribution in [0.25, 0.3) is 0 Å². The van der Waals surface area contributed by atoms with Gasteiger partial charge in [0.25, 0.3) is 0 Å². The number of hydrogen-bond donors (Lipinski definition) is 2. The van der Waals surface area contributed by atoms with E-state index in [1.54, 1.807) is 32.9 Å². The van der Waals surface area contributed by atoms with Gasteiger partial charge in [-0.05, 0) is 44.0 Å². The summed E-state index contributed by atoms with van der Waals surface area (Å²) in [4.78, 5) is 39.2. The summed E-state index contributed by atoms with van der Waals surface area (Å²) >= 11 is 0. The topological polar surface area (TPSA) is 106 Å². The molecule has 26 heavy (non-hydrogen) atoms. The van der Waals surface area contributed by atoms with Crippen LogP contribution < -0.4 is 0 Å². The van der Waals surface area contributed by atoms with E-state index in [0.29, 0.717) is 22.4 Å². The number of aryl methyl sites for hydroxylation is 1. The first-order chi connectivity index (χ1) is 12.4. The van der Waals surface area contributed by atoms with E-state index < -0.39 is 24.3 Å². The second kappa shape index (κ2) is 8.44. The van der Waals surface area contributed by atoms with Crippen LogP contribution >= 0.6 is 0 Å². The Hall–Kier alpha value is -2.93. The predicted molar refractivity (Wildman–Crippen MR) is 93.2 cm³/mol. The van der Waals surface area contributed by atoms with Gasteiger partial charge in [0.1, 0.15) is 0 Å². The zero-order valence-electron chi connectivity index (χ0n) is 14.9. The molecule has 7 nitrogen and oxygen atoms in total. The molecule has 0 saturated heterocycles. The third-order valence-electron chi connectivity index (χ3n) is 3.90. The monoisotopic (exact) mass is 359 g/mol. The molecule has 1 aromatic carbocycles. The number of carbonyl (C=O) groups excluding carboxylic acids is 3. The van der Waals surface area contributed by atoms with Crippen molar-refractivity contribution in [2.24, 2.45) is 0 Å². The van der Waals surface area contributed by atoms with Crippen LogP contribution in [0.15, 0.2) is 24.3 Å². The molecule has 0 amide bonds. The lowest BCUT2D eigenvalue weighted by molar-refractivity contribution is 0.0472. The number of benzene rings is 1. The fourth-order valence-electron chi connectivity index (χ4n) is 2.57. The van der Waals surface area contributed by atoms with Crippen LogP contribution in [0.1, 0.15) is 54.9 Å². The number of esters is 2. The molecule has 1 heterocycles. The van der Waals surface area contributed by atoms with Gasteiger partial charge in [-0.1, -0.05) is 12.1 Å². The Balaban J connectivity index is 2.06. The lowest BCUT2D eigenvalue weighted by Crippen LogP contribution is -2.15. The van der Waals surface area contributed by atoms with Gasteiger partial charge in [0.15, 0.2) is 6.61 Å². The summed E-state index contributed by atoms with van der Waals surface area (Å²) in [5.41, 5.74) is 2.47. The molecule has 0 unspecified atom stereocenters. The van der Waals surface area contributed by atoms with E-state index in [1.807, 2.05) is 0 Å². The lowest BCUT2D eigenvalue weighted by atomic mass is 10.1. The maximum Gasteiger partial charge on any atom is 0.340 e. The largest absolute Gasteiger partial charge is 0.462 e. The van der Waals surface area contributed by atoms with Crippen LogP contribution in [-0.2, 0) is 16.1 Å². The van der Waals surface area contributed by atoms with Crippen molar-refractivity contribution in [1.29, 1.82) is 0 Å². The maximum atomic E-state index is 12.4.